The van der Waals surface area contributed by atoms with Gasteiger partial charge >= 0.3 is 0 Å². The van der Waals surface area contributed by atoms with E-state index in [1.54, 1.807) is 0 Å². The van der Waals surface area contributed by atoms with Gasteiger partial charge < -0.3 is 5.32 Å². The third kappa shape index (κ3) is 3.31. The van der Waals surface area contributed by atoms with Crippen LogP contribution >= 0.6 is 0 Å². The molecule has 0 aliphatic carbocycles. The van der Waals surface area contributed by atoms with Crippen LogP contribution in [0.15, 0.2) is 97.6 Å². The van der Waals surface area contributed by atoms with E-state index in [0.29, 0.717) is 6.42 Å². The first-order chi connectivity index (χ1) is 13.3. The molecule has 1 amide bonds. The summed E-state index contributed by atoms with van der Waals surface area (Å²) in [5.74, 6) is 0.0149. The number of para-hydroxylation sites is 1. The Morgan fingerprint density at radius 2 is 1.41 bits per heavy atom. The van der Waals surface area contributed by atoms with Gasteiger partial charge in [0.2, 0.25) is 5.91 Å². The number of carbonyl (C=O) groups is 1. The molecule has 0 saturated heterocycles. The first-order valence-corrected chi connectivity index (χ1v) is 9.40. The Balaban J connectivity index is 1.98. The summed E-state index contributed by atoms with van der Waals surface area (Å²) in [6.45, 7) is 3.91. The van der Waals surface area contributed by atoms with E-state index in [1.807, 2.05) is 30.3 Å². The Labute approximate surface area is 160 Å². The molecular formula is C25H23NO. The number of benzene rings is 3. The van der Waals surface area contributed by atoms with Crippen LogP contribution in [0.2, 0.25) is 0 Å². The number of carbonyl (C=O) groups excluding carboxylic acids is 1. The van der Waals surface area contributed by atoms with Gasteiger partial charge in [-0.05, 0) is 29.2 Å². The maximum absolute atomic E-state index is 13.2. The Morgan fingerprint density at radius 3 is 2.07 bits per heavy atom. The molecule has 2 nitrogen and oxygen atoms in total. The summed E-state index contributed by atoms with van der Waals surface area (Å²) >= 11 is 0. The van der Waals surface area contributed by atoms with E-state index in [9.17, 15) is 4.79 Å². The minimum absolute atomic E-state index is 0.0373. The molecule has 0 fully saturated rings. The summed E-state index contributed by atoms with van der Waals surface area (Å²) in [5.41, 5.74) is 4.48. The lowest BCUT2D eigenvalue weighted by Crippen LogP contribution is -2.28. The van der Waals surface area contributed by atoms with Crippen LogP contribution in [0.4, 0.5) is 5.69 Å². The van der Waals surface area contributed by atoms with Crippen LogP contribution in [-0.2, 0) is 4.79 Å². The molecule has 27 heavy (non-hydrogen) atoms. The van der Waals surface area contributed by atoms with E-state index in [4.69, 9.17) is 0 Å². The lowest BCUT2D eigenvalue weighted by Gasteiger charge is -2.31. The van der Waals surface area contributed by atoms with E-state index in [0.717, 1.165) is 11.3 Å². The van der Waals surface area contributed by atoms with Gasteiger partial charge in [-0.15, -0.1) is 6.58 Å². The monoisotopic (exact) mass is 353 g/mol. The largest absolute Gasteiger partial charge is 0.326 e. The molecule has 3 atom stereocenters. The fourth-order valence-corrected chi connectivity index (χ4v) is 4.28. The lowest BCUT2D eigenvalue weighted by atomic mass is 9.70. The van der Waals surface area contributed by atoms with Crippen LogP contribution in [-0.4, -0.2) is 5.91 Å². The van der Waals surface area contributed by atoms with Crippen LogP contribution in [0.25, 0.3) is 0 Å². The highest BCUT2D eigenvalue weighted by Crippen LogP contribution is 2.48. The Kier molecular flexibility index (Phi) is 4.88. The van der Waals surface area contributed by atoms with Gasteiger partial charge in [-0.1, -0.05) is 84.9 Å². The van der Waals surface area contributed by atoms with Gasteiger partial charge in [0.1, 0.15) is 0 Å². The second-order valence-electron chi connectivity index (χ2n) is 7.03. The van der Waals surface area contributed by atoms with Crippen LogP contribution < -0.4 is 5.32 Å². The molecule has 0 aromatic heterocycles. The normalized spacial score (nSPS) is 21.6. The molecule has 0 saturated carbocycles. The van der Waals surface area contributed by atoms with Gasteiger partial charge in [-0.25, -0.2) is 0 Å². The molecule has 0 radical (unpaired) electrons. The van der Waals surface area contributed by atoms with E-state index >= 15 is 0 Å². The minimum atomic E-state index is -0.178. The number of hydrogen-bond donors (Lipinski definition) is 1. The fourth-order valence-electron chi connectivity index (χ4n) is 4.28. The second kappa shape index (κ2) is 7.63. The Bertz CT molecular complexity index is 933. The number of amides is 1. The van der Waals surface area contributed by atoms with E-state index in [-0.39, 0.29) is 23.7 Å². The number of nitrogens with one attached hydrogen (secondary N) is 1. The van der Waals surface area contributed by atoms with Gasteiger partial charge in [0.05, 0.1) is 0 Å². The average molecular weight is 353 g/mol. The summed E-state index contributed by atoms with van der Waals surface area (Å²) in [5, 5.41) is 3.17. The smallest absolute Gasteiger partial charge is 0.228 e. The lowest BCUT2D eigenvalue weighted by molar-refractivity contribution is -0.120. The highest BCUT2D eigenvalue weighted by atomic mass is 16.1. The molecule has 3 aromatic rings. The van der Waals surface area contributed by atoms with Crippen LogP contribution in [0, 0.1) is 5.92 Å². The van der Waals surface area contributed by atoms with E-state index in [2.05, 4.69) is 72.6 Å². The van der Waals surface area contributed by atoms with Crippen molar-refractivity contribution >= 4 is 11.6 Å². The third-order valence-electron chi connectivity index (χ3n) is 5.45. The van der Waals surface area contributed by atoms with Crippen molar-refractivity contribution in [3.63, 3.8) is 0 Å². The summed E-state index contributed by atoms with van der Waals surface area (Å²) in [6.07, 6.45) is 2.50. The standard InChI is InChI=1S/C25H23NO/c1-2-11-21-24(19-14-7-4-8-15-19)23(18-12-5-3-6-13-18)20-16-9-10-17-22(20)26-25(21)27/h2-10,12-17,21,23-24H,1,11H2,(H,26,27)/t21-,23+,24-/m0/s1. The number of allylic oxidation sites excluding steroid dienone is 1. The Hall–Kier alpha value is -3.13. The molecule has 1 aliphatic rings. The summed E-state index contributed by atoms with van der Waals surface area (Å²) in [6, 6.07) is 29.1. The molecule has 4 rings (SSSR count). The molecule has 0 unspecified atom stereocenters. The number of hydrogen-bond acceptors (Lipinski definition) is 1. The third-order valence-corrected chi connectivity index (χ3v) is 5.45. The SMILES string of the molecule is C=CC[C@@H]1C(=O)Nc2ccccc2[C@@H](c2ccccc2)[C@H]1c1ccccc1. The van der Waals surface area contributed by atoms with Crippen LogP contribution in [0.1, 0.15) is 34.9 Å². The highest BCUT2D eigenvalue weighted by Gasteiger charge is 2.40. The van der Waals surface area contributed by atoms with Crippen LogP contribution in [0.3, 0.4) is 0 Å². The van der Waals surface area contributed by atoms with Crippen molar-refractivity contribution in [1.82, 2.24) is 0 Å². The number of rotatable bonds is 4. The molecule has 1 heterocycles. The maximum Gasteiger partial charge on any atom is 0.228 e. The maximum atomic E-state index is 13.2. The quantitative estimate of drug-likeness (QED) is 0.595. The topological polar surface area (TPSA) is 29.1 Å². The summed E-state index contributed by atoms with van der Waals surface area (Å²) in [7, 11) is 0. The first kappa shape index (κ1) is 17.3. The average Bonchev–Trinajstić information content (AvgIpc) is 2.84. The molecule has 1 aliphatic heterocycles. The van der Waals surface area contributed by atoms with Crippen molar-refractivity contribution in [3.8, 4) is 0 Å². The summed E-state index contributed by atoms with van der Waals surface area (Å²) in [4.78, 5) is 13.2. The van der Waals surface area contributed by atoms with Crippen LogP contribution in [0.5, 0.6) is 0 Å². The molecule has 3 aromatic carbocycles. The van der Waals surface area contributed by atoms with Gasteiger partial charge in [0, 0.05) is 23.4 Å². The van der Waals surface area contributed by atoms with Crippen molar-refractivity contribution in [2.45, 2.75) is 18.3 Å². The zero-order valence-electron chi connectivity index (χ0n) is 15.2. The van der Waals surface area contributed by atoms with Crippen molar-refractivity contribution in [1.29, 1.82) is 0 Å². The molecule has 2 heteroatoms. The van der Waals surface area contributed by atoms with Gasteiger partial charge in [-0.2, -0.15) is 0 Å². The van der Waals surface area contributed by atoms with E-state index in [1.165, 1.54) is 11.1 Å². The highest BCUT2D eigenvalue weighted by molar-refractivity contribution is 5.95. The van der Waals surface area contributed by atoms with E-state index < -0.39 is 0 Å². The van der Waals surface area contributed by atoms with Gasteiger partial charge in [0.25, 0.3) is 0 Å². The predicted octanol–water partition coefficient (Wildman–Crippen LogP) is 5.75. The molecule has 0 spiro atoms. The van der Waals surface area contributed by atoms with Crippen molar-refractivity contribution in [3.05, 3.63) is 114 Å². The van der Waals surface area contributed by atoms with Crippen molar-refractivity contribution in [2.24, 2.45) is 5.92 Å². The second-order valence-corrected chi connectivity index (χ2v) is 7.03. The van der Waals surface area contributed by atoms with Crippen molar-refractivity contribution in [2.75, 3.05) is 5.32 Å². The number of fused-ring (bicyclic) bond motifs is 1. The first-order valence-electron chi connectivity index (χ1n) is 9.40. The molecule has 1 N–H and O–H groups in total. The fraction of sp³-hybridized carbons (Fsp3) is 0.160. The zero-order valence-corrected chi connectivity index (χ0v) is 15.2. The molecular weight excluding hydrogens is 330 g/mol. The van der Waals surface area contributed by atoms with Crippen molar-refractivity contribution < 1.29 is 4.79 Å². The molecule has 0 bridgehead atoms. The predicted molar refractivity (Wildman–Crippen MR) is 111 cm³/mol. The molecule has 134 valence electrons. The Morgan fingerprint density at radius 1 is 0.815 bits per heavy atom. The minimum Gasteiger partial charge on any atom is -0.326 e. The zero-order chi connectivity index (χ0) is 18.6. The number of anilines is 1. The summed E-state index contributed by atoms with van der Waals surface area (Å²) < 4.78 is 0. The van der Waals surface area contributed by atoms with Gasteiger partial charge in [0.15, 0.2) is 0 Å². The van der Waals surface area contributed by atoms with Gasteiger partial charge in [-0.3, -0.25) is 4.79 Å².